The maximum atomic E-state index is 13.8. The summed E-state index contributed by atoms with van der Waals surface area (Å²) in [5.74, 6) is -0.144. The summed E-state index contributed by atoms with van der Waals surface area (Å²) >= 11 is 0. The third-order valence-corrected chi connectivity index (χ3v) is 4.38. The fourth-order valence-electron chi connectivity index (χ4n) is 2.91. The van der Waals surface area contributed by atoms with Crippen LogP contribution in [-0.2, 0) is 6.54 Å². The fraction of sp³-hybridized carbons (Fsp3) is 0.389. The molecule has 1 aliphatic rings. The van der Waals surface area contributed by atoms with E-state index in [2.05, 4.69) is 16.8 Å². The quantitative estimate of drug-likeness (QED) is 0.791. The van der Waals surface area contributed by atoms with Crippen molar-refractivity contribution in [2.75, 3.05) is 39.8 Å². The van der Waals surface area contributed by atoms with Crippen LogP contribution in [0.2, 0.25) is 0 Å². The molecule has 1 fully saturated rings. The Bertz CT molecular complexity index is 674. The highest BCUT2D eigenvalue weighted by molar-refractivity contribution is 5.96. The van der Waals surface area contributed by atoms with Crippen molar-refractivity contribution in [1.82, 2.24) is 14.4 Å². The molecule has 0 bridgehead atoms. The molecule has 1 aromatic carbocycles. The van der Waals surface area contributed by atoms with Gasteiger partial charge in [-0.05, 0) is 25.2 Å². The minimum atomic E-state index is -0.237. The van der Waals surface area contributed by atoms with E-state index in [1.165, 1.54) is 6.07 Å². The van der Waals surface area contributed by atoms with E-state index in [9.17, 15) is 9.18 Å². The van der Waals surface area contributed by atoms with Crippen molar-refractivity contribution in [1.29, 1.82) is 0 Å². The van der Waals surface area contributed by atoms with Crippen molar-refractivity contribution >= 4 is 5.78 Å². The zero-order valence-electron chi connectivity index (χ0n) is 13.4. The number of rotatable bonds is 5. The van der Waals surface area contributed by atoms with Gasteiger partial charge in [0.15, 0.2) is 5.78 Å². The molecule has 0 amide bonds. The maximum absolute atomic E-state index is 13.8. The SMILES string of the molecule is CN1CCN(CC(=O)c2cccn2Cc2ccccc2F)CC1. The second-order valence-corrected chi connectivity index (χ2v) is 6.12. The minimum absolute atomic E-state index is 0.0934. The molecular formula is C18H22FN3O. The van der Waals surface area contributed by atoms with Gasteiger partial charge in [0.1, 0.15) is 5.82 Å². The van der Waals surface area contributed by atoms with Gasteiger partial charge in [-0.15, -0.1) is 0 Å². The molecule has 5 heteroatoms. The van der Waals surface area contributed by atoms with E-state index in [0.717, 1.165) is 26.2 Å². The summed E-state index contributed by atoms with van der Waals surface area (Å²) in [6, 6.07) is 10.4. The smallest absolute Gasteiger partial charge is 0.193 e. The zero-order valence-corrected chi connectivity index (χ0v) is 13.4. The Balaban J connectivity index is 1.68. The maximum Gasteiger partial charge on any atom is 0.193 e. The molecule has 0 saturated carbocycles. The number of benzene rings is 1. The largest absolute Gasteiger partial charge is 0.341 e. The number of aromatic nitrogens is 1. The van der Waals surface area contributed by atoms with E-state index in [1.54, 1.807) is 12.1 Å². The van der Waals surface area contributed by atoms with Crippen LogP contribution in [0.15, 0.2) is 42.6 Å². The third kappa shape index (κ3) is 3.86. The van der Waals surface area contributed by atoms with Crippen molar-refractivity contribution in [2.24, 2.45) is 0 Å². The molecule has 0 unspecified atom stereocenters. The van der Waals surface area contributed by atoms with Gasteiger partial charge in [-0.1, -0.05) is 18.2 Å². The third-order valence-electron chi connectivity index (χ3n) is 4.38. The molecule has 1 saturated heterocycles. The first kappa shape index (κ1) is 15.9. The van der Waals surface area contributed by atoms with E-state index in [0.29, 0.717) is 24.3 Å². The molecule has 0 atom stereocenters. The van der Waals surface area contributed by atoms with Gasteiger partial charge in [0.05, 0.1) is 18.8 Å². The number of hydrogen-bond acceptors (Lipinski definition) is 3. The first-order valence-corrected chi connectivity index (χ1v) is 7.96. The van der Waals surface area contributed by atoms with E-state index >= 15 is 0 Å². The van der Waals surface area contributed by atoms with Gasteiger partial charge in [0, 0.05) is 37.9 Å². The number of hydrogen-bond donors (Lipinski definition) is 0. The van der Waals surface area contributed by atoms with Gasteiger partial charge in [-0.3, -0.25) is 9.69 Å². The normalized spacial score (nSPS) is 16.6. The lowest BCUT2D eigenvalue weighted by atomic mass is 10.2. The van der Waals surface area contributed by atoms with Crippen LogP contribution >= 0.6 is 0 Å². The molecule has 23 heavy (non-hydrogen) atoms. The average molecular weight is 315 g/mol. The number of carbonyl (C=O) groups excluding carboxylic acids is 1. The molecule has 0 spiro atoms. The molecule has 1 aromatic heterocycles. The fourth-order valence-corrected chi connectivity index (χ4v) is 2.91. The second-order valence-electron chi connectivity index (χ2n) is 6.12. The van der Waals surface area contributed by atoms with Crippen molar-refractivity contribution in [3.05, 3.63) is 59.7 Å². The van der Waals surface area contributed by atoms with Crippen molar-refractivity contribution < 1.29 is 9.18 Å². The molecule has 122 valence electrons. The van der Waals surface area contributed by atoms with Crippen LogP contribution in [0.3, 0.4) is 0 Å². The van der Waals surface area contributed by atoms with Gasteiger partial charge >= 0.3 is 0 Å². The molecule has 1 aliphatic heterocycles. The topological polar surface area (TPSA) is 28.5 Å². The Hall–Kier alpha value is -1.98. The van der Waals surface area contributed by atoms with Crippen LogP contribution < -0.4 is 0 Å². The van der Waals surface area contributed by atoms with Gasteiger partial charge in [-0.2, -0.15) is 0 Å². The summed E-state index contributed by atoms with van der Waals surface area (Å²) in [5, 5.41) is 0. The molecule has 2 aromatic rings. The number of halogens is 1. The van der Waals surface area contributed by atoms with Crippen LogP contribution in [-0.4, -0.2) is 59.9 Å². The predicted molar refractivity (Wildman–Crippen MR) is 88.2 cm³/mol. The van der Waals surface area contributed by atoms with E-state index in [-0.39, 0.29) is 11.6 Å². The first-order chi connectivity index (χ1) is 11.1. The molecular weight excluding hydrogens is 293 g/mol. The Morgan fingerprint density at radius 1 is 1.09 bits per heavy atom. The number of carbonyl (C=O) groups is 1. The van der Waals surface area contributed by atoms with E-state index in [1.807, 2.05) is 29.0 Å². The Morgan fingerprint density at radius 2 is 1.83 bits per heavy atom. The molecule has 0 N–H and O–H groups in total. The lowest BCUT2D eigenvalue weighted by molar-refractivity contribution is 0.0868. The van der Waals surface area contributed by atoms with Gasteiger partial charge < -0.3 is 9.47 Å². The first-order valence-electron chi connectivity index (χ1n) is 7.96. The van der Waals surface area contributed by atoms with Gasteiger partial charge in [0.25, 0.3) is 0 Å². The summed E-state index contributed by atoms with van der Waals surface area (Å²) in [6.07, 6.45) is 1.84. The number of piperazine rings is 1. The minimum Gasteiger partial charge on any atom is -0.341 e. The van der Waals surface area contributed by atoms with Crippen LogP contribution in [0.1, 0.15) is 16.1 Å². The molecule has 0 radical (unpaired) electrons. The summed E-state index contributed by atoms with van der Waals surface area (Å²) in [6.45, 7) is 4.61. The second kappa shape index (κ2) is 7.06. The number of ketones is 1. The highest BCUT2D eigenvalue weighted by Crippen LogP contribution is 2.13. The highest BCUT2D eigenvalue weighted by Gasteiger charge is 2.19. The lowest BCUT2D eigenvalue weighted by Gasteiger charge is -2.31. The summed E-state index contributed by atoms with van der Waals surface area (Å²) in [4.78, 5) is 17.0. The Kier molecular flexibility index (Phi) is 4.88. The standard InChI is InChI=1S/C18H22FN3O/c1-20-9-11-21(12-10-20)14-18(23)17-7-4-8-22(17)13-15-5-2-3-6-16(15)19/h2-8H,9-14H2,1H3. The Morgan fingerprint density at radius 3 is 2.57 bits per heavy atom. The summed E-state index contributed by atoms with van der Waals surface area (Å²) in [7, 11) is 2.10. The Labute approximate surface area is 136 Å². The number of nitrogens with zero attached hydrogens (tertiary/aromatic N) is 3. The lowest BCUT2D eigenvalue weighted by Crippen LogP contribution is -2.46. The monoisotopic (exact) mass is 315 g/mol. The van der Waals surface area contributed by atoms with Gasteiger partial charge in [-0.25, -0.2) is 4.39 Å². The van der Waals surface area contributed by atoms with Crippen molar-refractivity contribution in [3.8, 4) is 0 Å². The van der Waals surface area contributed by atoms with Crippen molar-refractivity contribution in [3.63, 3.8) is 0 Å². The van der Waals surface area contributed by atoms with Crippen LogP contribution in [0, 0.1) is 5.82 Å². The molecule has 3 rings (SSSR count). The van der Waals surface area contributed by atoms with Crippen molar-refractivity contribution in [2.45, 2.75) is 6.54 Å². The van der Waals surface area contributed by atoms with Crippen LogP contribution in [0.4, 0.5) is 4.39 Å². The highest BCUT2D eigenvalue weighted by atomic mass is 19.1. The van der Waals surface area contributed by atoms with E-state index < -0.39 is 0 Å². The number of Topliss-reactive ketones (excluding diaryl/α,β-unsaturated/α-hetero) is 1. The summed E-state index contributed by atoms with van der Waals surface area (Å²) in [5.41, 5.74) is 1.24. The number of likely N-dealkylation sites (N-methyl/N-ethyl adjacent to an activating group) is 1. The molecule has 2 heterocycles. The average Bonchev–Trinajstić information content (AvgIpc) is 3.00. The zero-order chi connectivity index (χ0) is 16.2. The van der Waals surface area contributed by atoms with Gasteiger partial charge in [0.2, 0.25) is 0 Å². The predicted octanol–water partition coefficient (Wildman–Crippen LogP) is 2.11. The summed E-state index contributed by atoms with van der Waals surface area (Å²) < 4.78 is 15.6. The van der Waals surface area contributed by atoms with E-state index in [4.69, 9.17) is 0 Å². The van der Waals surface area contributed by atoms with Crippen LogP contribution in [0.5, 0.6) is 0 Å². The van der Waals surface area contributed by atoms with Crippen LogP contribution in [0.25, 0.3) is 0 Å². The molecule has 0 aliphatic carbocycles. The molecule has 4 nitrogen and oxygen atoms in total.